The lowest BCUT2D eigenvalue weighted by molar-refractivity contribution is 0.0950. The fraction of sp³-hybridized carbons (Fsp3) is 0. The van der Waals surface area contributed by atoms with Crippen molar-refractivity contribution in [1.29, 1.82) is 0 Å². The maximum Gasteiger partial charge on any atom is 0.289 e. The van der Waals surface area contributed by atoms with Gasteiger partial charge in [0.05, 0.1) is 6.21 Å². The predicted molar refractivity (Wildman–Crippen MR) is 63.6 cm³/mol. The summed E-state index contributed by atoms with van der Waals surface area (Å²) in [5, 5.41) is 5.78. The topological polar surface area (TPSA) is 54.4 Å². The Morgan fingerprint density at radius 1 is 1.38 bits per heavy atom. The third-order valence-electron chi connectivity index (χ3n) is 1.80. The van der Waals surface area contributed by atoms with E-state index in [2.05, 4.69) is 15.5 Å². The molecule has 2 aromatic rings. The molecule has 0 atom stereocenters. The summed E-state index contributed by atoms with van der Waals surface area (Å²) in [4.78, 5) is 16.4. The van der Waals surface area contributed by atoms with Crippen LogP contribution >= 0.6 is 11.3 Å². The highest BCUT2D eigenvalue weighted by molar-refractivity contribution is 7.11. The summed E-state index contributed by atoms with van der Waals surface area (Å²) in [5.74, 6) is -0.312. The molecule has 80 valence electrons. The van der Waals surface area contributed by atoms with Crippen LogP contribution < -0.4 is 5.43 Å². The van der Waals surface area contributed by atoms with E-state index in [1.807, 2.05) is 17.5 Å². The molecule has 4 nitrogen and oxygen atoms in total. The zero-order chi connectivity index (χ0) is 11.2. The molecule has 2 rings (SSSR count). The fourth-order valence-electron chi connectivity index (χ4n) is 1.07. The number of aromatic nitrogens is 1. The van der Waals surface area contributed by atoms with Crippen molar-refractivity contribution < 1.29 is 4.79 Å². The van der Waals surface area contributed by atoms with Gasteiger partial charge in [-0.15, -0.1) is 11.3 Å². The Balaban J connectivity index is 1.94. The van der Waals surface area contributed by atoms with Crippen LogP contribution in [0.3, 0.4) is 0 Å². The van der Waals surface area contributed by atoms with Gasteiger partial charge in [0, 0.05) is 11.1 Å². The number of hydrogen-bond acceptors (Lipinski definition) is 4. The van der Waals surface area contributed by atoms with Crippen LogP contribution in [-0.2, 0) is 0 Å². The number of carbonyl (C=O) groups is 1. The second-order valence-corrected chi connectivity index (χ2v) is 3.91. The summed E-state index contributed by atoms with van der Waals surface area (Å²) >= 11 is 1.55. The molecule has 0 aliphatic rings. The summed E-state index contributed by atoms with van der Waals surface area (Å²) in [6.45, 7) is 0. The molecule has 0 radical (unpaired) electrons. The van der Waals surface area contributed by atoms with E-state index in [0.29, 0.717) is 5.69 Å². The van der Waals surface area contributed by atoms with Gasteiger partial charge in [0.25, 0.3) is 5.91 Å². The molecule has 0 fully saturated rings. The quantitative estimate of drug-likeness (QED) is 0.648. The minimum atomic E-state index is -0.312. The van der Waals surface area contributed by atoms with Crippen molar-refractivity contribution in [3.8, 4) is 0 Å². The van der Waals surface area contributed by atoms with Gasteiger partial charge in [-0.05, 0) is 23.6 Å². The Bertz CT molecular complexity index is 479. The number of hydrogen-bond donors (Lipinski definition) is 1. The molecule has 2 aromatic heterocycles. The molecular formula is C11H9N3OS. The monoisotopic (exact) mass is 231 g/mol. The molecule has 1 N–H and O–H groups in total. The minimum Gasteiger partial charge on any atom is -0.266 e. The molecular weight excluding hydrogens is 222 g/mol. The molecule has 0 bridgehead atoms. The van der Waals surface area contributed by atoms with Gasteiger partial charge in [-0.2, -0.15) is 5.10 Å². The van der Waals surface area contributed by atoms with Gasteiger partial charge in [0.2, 0.25) is 0 Å². The van der Waals surface area contributed by atoms with Crippen LogP contribution in [0, 0.1) is 0 Å². The molecule has 0 saturated carbocycles. The number of pyridine rings is 1. The first-order valence-electron chi connectivity index (χ1n) is 4.64. The third-order valence-corrected chi connectivity index (χ3v) is 2.61. The van der Waals surface area contributed by atoms with Crippen molar-refractivity contribution in [2.45, 2.75) is 0 Å². The van der Waals surface area contributed by atoms with Gasteiger partial charge in [0.1, 0.15) is 5.69 Å². The number of amides is 1. The highest BCUT2D eigenvalue weighted by Crippen LogP contribution is 2.04. The van der Waals surface area contributed by atoms with Gasteiger partial charge >= 0.3 is 0 Å². The SMILES string of the molecule is O=C(NN=Cc1cccs1)c1ccccn1. The maximum absolute atomic E-state index is 11.5. The lowest BCUT2D eigenvalue weighted by atomic mass is 10.3. The van der Waals surface area contributed by atoms with Crippen molar-refractivity contribution >= 4 is 23.5 Å². The normalized spacial score (nSPS) is 10.5. The van der Waals surface area contributed by atoms with Crippen LogP contribution in [0.15, 0.2) is 47.0 Å². The van der Waals surface area contributed by atoms with Gasteiger partial charge in [-0.3, -0.25) is 9.78 Å². The lowest BCUT2D eigenvalue weighted by Crippen LogP contribution is -2.18. The number of carbonyl (C=O) groups excluding carboxylic acids is 1. The van der Waals surface area contributed by atoms with Crippen molar-refractivity contribution in [3.63, 3.8) is 0 Å². The van der Waals surface area contributed by atoms with Crippen LogP contribution in [0.2, 0.25) is 0 Å². The largest absolute Gasteiger partial charge is 0.289 e. The Kier molecular flexibility index (Phi) is 3.40. The average molecular weight is 231 g/mol. The maximum atomic E-state index is 11.5. The summed E-state index contributed by atoms with van der Waals surface area (Å²) in [6.07, 6.45) is 3.17. The average Bonchev–Trinajstić information content (AvgIpc) is 2.83. The van der Waals surface area contributed by atoms with E-state index in [1.54, 1.807) is 41.9 Å². The molecule has 0 aliphatic heterocycles. The zero-order valence-corrected chi connectivity index (χ0v) is 9.15. The van der Waals surface area contributed by atoms with E-state index in [-0.39, 0.29) is 5.91 Å². The molecule has 5 heteroatoms. The highest BCUT2D eigenvalue weighted by Gasteiger charge is 2.03. The van der Waals surface area contributed by atoms with Crippen LogP contribution in [0.25, 0.3) is 0 Å². The Morgan fingerprint density at radius 3 is 3.00 bits per heavy atom. The van der Waals surface area contributed by atoms with Crippen molar-refractivity contribution in [2.75, 3.05) is 0 Å². The number of nitrogens with zero attached hydrogens (tertiary/aromatic N) is 2. The van der Waals surface area contributed by atoms with Gasteiger partial charge in [-0.25, -0.2) is 5.43 Å². The summed E-state index contributed by atoms with van der Waals surface area (Å²) in [5.41, 5.74) is 2.76. The van der Waals surface area contributed by atoms with Crippen LogP contribution in [-0.4, -0.2) is 17.1 Å². The first kappa shape index (κ1) is 10.5. The highest BCUT2D eigenvalue weighted by atomic mass is 32.1. The number of nitrogens with one attached hydrogen (secondary N) is 1. The number of rotatable bonds is 3. The zero-order valence-electron chi connectivity index (χ0n) is 8.33. The van der Waals surface area contributed by atoms with E-state index in [4.69, 9.17) is 0 Å². The van der Waals surface area contributed by atoms with Gasteiger partial charge in [-0.1, -0.05) is 12.1 Å². The summed E-state index contributed by atoms with van der Waals surface area (Å²) < 4.78 is 0. The lowest BCUT2D eigenvalue weighted by Gasteiger charge is -1.96. The second-order valence-electron chi connectivity index (χ2n) is 2.93. The van der Waals surface area contributed by atoms with Crippen molar-refractivity contribution in [3.05, 3.63) is 52.5 Å². The molecule has 2 heterocycles. The van der Waals surface area contributed by atoms with Crippen molar-refractivity contribution in [2.24, 2.45) is 5.10 Å². The summed E-state index contributed by atoms with van der Waals surface area (Å²) in [7, 11) is 0. The predicted octanol–water partition coefficient (Wildman–Crippen LogP) is 1.91. The van der Waals surface area contributed by atoms with E-state index in [0.717, 1.165) is 4.88 Å². The molecule has 0 aromatic carbocycles. The van der Waals surface area contributed by atoms with Crippen LogP contribution in [0.5, 0.6) is 0 Å². The van der Waals surface area contributed by atoms with Crippen LogP contribution in [0.4, 0.5) is 0 Å². The molecule has 1 amide bonds. The van der Waals surface area contributed by atoms with Gasteiger partial charge in [0.15, 0.2) is 0 Å². The molecule has 0 unspecified atom stereocenters. The van der Waals surface area contributed by atoms with Gasteiger partial charge < -0.3 is 0 Å². The Labute approximate surface area is 96.7 Å². The molecule has 16 heavy (non-hydrogen) atoms. The van der Waals surface area contributed by atoms with E-state index in [1.165, 1.54) is 0 Å². The number of thiophene rings is 1. The molecule has 0 saturated heterocycles. The fourth-order valence-corrected chi connectivity index (χ4v) is 1.66. The van der Waals surface area contributed by atoms with Crippen molar-refractivity contribution in [1.82, 2.24) is 10.4 Å². The third kappa shape index (κ3) is 2.74. The standard InChI is InChI=1S/C11H9N3OS/c15-11(10-5-1-2-6-12-10)14-13-8-9-4-3-7-16-9/h1-8H,(H,14,15). The van der Waals surface area contributed by atoms with Crippen LogP contribution in [0.1, 0.15) is 15.4 Å². The first-order valence-corrected chi connectivity index (χ1v) is 5.52. The second kappa shape index (κ2) is 5.18. The molecule has 0 spiro atoms. The minimum absolute atomic E-state index is 0.312. The summed E-state index contributed by atoms with van der Waals surface area (Å²) in [6, 6.07) is 8.99. The molecule has 0 aliphatic carbocycles. The van der Waals surface area contributed by atoms with E-state index in [9.17, 15) is 4.79 Å². The van der Waals surface area contributed by atoms with E-state index >= 15 is 0 Å². The Morgan fingerprint density at radius 2 is 2.31 bits per heavy atom. The Hall–Kier alpha value is -2.01. The smallest absolute Gasteiger partial charge is 0.266 e. The number of hydrazone groups is 1. The van der Waals surface area contributed by atoms with E-state index < -0.39 is 0 Å². The first-order chi connectivity index (χ1) is 7.86.